The molecule has 5 nitrogen and oxygen atoms in total. The topological polar surface area (TPSA) is 84.9 Å². The number of rotatable bonds is 2. The largest absolute Gasteiger partial charge is 0.295 e. The van der Waals surface area contributed by atoms with Crippen LogP contribution in [0.2, 0.25) is 0 Å². The fraction of sp³-hybridized carbons (Fsp3) is 0. The van der Waals surface area contributed by atoms with Crippen molar-refractivity contribution < 1.29 is 4.39 Å². The summed E-state index contributed by atoms with van der Waals surface area (Å²) in [4.78, 5) is 11.1. The van der Waals surface area contributed by atoms with Crippen molar-refractivity contribution in [1.82, 2.24) is 10.2 Å². The van der Waals surface area contributed by atoms with Gasteiger partial charge in [-0.1, -0.05) is 12.1 Å². The van der Waals surface area contributed by atoms with Crippen LogP contribution in [-0.2, 0) is 0 Å². The molecule has 2 aromatic rings. The summed E-state index contributed by atoms with van der Waals surface area (Å²) in [5.41, 5.74) is 6.56. The van der Waals surface area contributed by atoms with E-state index in [1.165, 1.54) is 12.1 Å². The van der Waals surface area contributed by atoms with Crippen LogP contribution in [0.1, 0.15) is 0 Å². The van der Waals surface area contributed by atoms with E-state index in [1.54, 1.807) is 12.1 Å². The first-order valence-corrected chi connectivity index (χ1v) is 4.17. The molecule has 0 saturated heterocycles. The van der Waals surface area contributed by atoms with Crippen LogP contribution in [0.15, 0.2) is 34.2 Å². The Balaban J connectivity index is 2.69. The summed E-state index contributed by atoms with van der Waals surface area (Å²) < 4.78 is 13.4. The standard InChI is InChI=1S/C9H7FN4O/c10-6-4-2-1-3-5(6)7-8(12-11)9(15)14-13-7/h1-4,11H,(H2,13,14,15). The van der Waals surface area contributed by atoms with Gasteiger partial charge in [0.15, 0.2) is 5.69 Å². The van der Waals surface area contributed by atoms with Crippen molar-refractivity contribution in [3.05, 3.63) is 40.4 Å². The van der Waals surface area contributed by atoms with Crippen molar-refractivity contribution in [3.8, 4) is 11.3 Å². The molecule has 0 spiro atoms. The molecule has 0 atom stereocenters. The Morgan fingerprint density at radius 1 is 1.27 bits per heavy atom. The first-order valence-electron chi connectivity index (χ1n) is 4.17. The number of aromatic amines is 2. The molecule has 0 unspecified atom stereocenters. The molecule has 0 saturated carbocycles. The summed E-state index contributed by atoms with van der Waals surface area (Å²) in [6.07, 6.45) is 0. The fourth-order valence-corrected chi connectivity index (χ4v) is 1.32. The van der Waals surface area contributed by atoms with Crippen LogP contribution < -0.4 is 5.56 Å². The van der Waals surface area contributed by atoms with E-state index in [0.29, 0.717) is 0 Å². The van der Waals surface area contributed by atoms with Gasteiger partial charge in [-0.2, -0.15) is 5.11 Å². The van der Waals surface area contributed by atoms with Gasteiger partial charge in [0.05, 0.1) is 5.69 Å². The molecule has 15 heavy (non-hydrogen) atoms. The third-order valence-corrected chi connectivity index (χ3v) is 2.01. The molecule has 1 aromatic carbocycles. The maximum atomic E-state index is 13.4. The van der Waals surface area contributed by atoms with Gasteiger partial charge in [-0.15, -0.1) is 0 Å². The molecule has 0 fully saturated rings. The van der Waals surface area contributed by atoms with Crippen molar-refractivity contribution in [2.75, 3.05) is 0 Å². The third kappa shape index (κ3) is 1.45. The lowest BCUT2D eigenvalue weighted by Gasteiger charge is -1.99. The lowest BCUT2D eigenvalue weighted by molar-refractivity contribution is 0.630. The Kier molecular flexibility index (Phi) is 2.17. The lowest BCUT2D eigenvalue weighted by Crippen LogP contribution is -1.96. The van der Waals surface area contributed by atoms with Gasteiger partial charge in [0.1, 0.15) is 5.82 Å². The normalized spacial score (nSPS) is 10.2. The molecule has 6 heteroatoms. The Morgan fingerprint density at radius 2 is 2.00 bits per heavy atom. The summed E-state index contributed by atoms with van der Waals surface area (Å²) in [6.45, 7) is 0. The summed E-state index contributed by atoms with van der Waals surface area (Å²) in [7, 11) is 0. The zero-order chi connectivity index (χ0) is 10.8. The first kappa shape index (κ1) is 9.32. The number of nitrogens with one attached hydrogen (secondary N) is 3. The van der Waals surface area contributed by atoms with Gasteiger partial charge in [0.2, 0.25) is 0 Å². The van der Waals surface area contributed by atoms with E-state index in [1.807, 2.05) is 0 Å². The smallest absolute Gasteiger partial charge is 0.292 e. The Morgan fingerprint density at radius 3 is 2.67 bits per heavy atom. The summed E-state index contributed by atoms with van der Waals surface area (Å²) >= 11 is 0. The number of aromatic nitrogens is 2. The van der Waals surface area contributed by atoms with Crippen LogP contribution in [0.3, 0.4) is 0 Å². The monoisotopic (exact) mass is 206 g/mol. The molecule has 3 N–H and O–H groups in total. The predicted octanol–water partition coefficient (Wildman–Crippen LogP) is 2.17. The molecule has 0 bridgehead atoms. The van der Waals surface area contributed by atoms with Crippen LogP contribution in [0.4, 0.5) is 10.1 Å². The molecular weight excluding hydrogens is 199 g/mol. The van der Waals surface area contributed by atoms with E-state index in [4.69, 9.17) is 5.53 Å². The number of hydrogen-bond donors (Lipinski definition) is 3. The van der Waals surface area contributed by atoms with Gasteiger partial charge in [-0.05, 0) is 12.1 Å². The van der Waals surface area contributed by atoms with Crippen molar-refractivity contribution in [1.29, 1.82) is 5.53 Å². The molecular formula is C9H7FN4O. The van der Waals surface area contributed by atoms with Crippen LogP contribution in [0.5, 0.6) is 0 Å². The molecule has 1 aromatic heterocycles. The second-order valence-corrected chi connectivity index (χ2v) is 2.89. The average Bonchev–Trinajstić information content (AvgIpc) is 2.60. The highest BCUT2D eigenvalue weighted by atomic mass is 19.1. The molecule has 0 aliphatic carbocycles. The van der Waals surface area contributed by atoms with Gasteiger partial charge in [-0.25, -0.2) is 9.92 Å². The number of H-pyrrole nitrogens is 2. The SMILES string of the molecule is N=Nc1c(-c2ccccc2F)[nH][nH]c1=O. The summed E-state index contributed by atoms with van der Waals surface area (Å²) in [5.74, 6) is -0.474. The van der Waals surface area contributed by atoms with Gasteiger partial charge < -0.3 is 0 Å². The quantitative estimate of drug-likeness (QED) is 0.646. The van der Waals surface area contributed by atoms with Crippen LogP contribution in [0, 0.1) is 11.3 Å². The zero-order valence-electron chi connectivity index (χ0n) is 7.54. The fourth-order valence-electron chi connectivity index (χ4n) is 1.32. The van der Waals surface area contributed by atoms with Crippen molar-refractivity contribution in [2.45, 2.75) is 0 Å². The Bertz CT molecular complexity index is 557. The highest BCUT2D eigenvalue weighted by Gasteiger charge is 2.13. The first-order chi connectivity index (χ1) is 7.24. The molecule has 0 aliphatic heterocycles. The van der Waals surface area contributed by atoms with Gasteiger partial charge in [-0.3, -0.25) is 15.0 Å². The lowest BCUT2D eigenvalue weighted by atomic mass is 10.1. The van der Waals surface area contributed by atoms with Crippen molar-refractivity contribution in [3.63, 3.8) is 0 Å². The minimum atomic E-state index is -0.539. The second kappa shape index (κ2) is 3.49. The van der Waals surface area contributed by atoms with E-state index >= 15 is 0 Å². The molecule has 0 amide bonds. The number of hydrogen-bond acceptors (Lipinski definition) is 3. The van der Waals surface area contributed by atoms with Gasteiger partial charge in [0.25, 0.3) is 5.56 Å². The van der Waals surface area contributed by atoms with Crippen molar-refractivity contribution >= 4 is 5.69 Å². The Hall–Kier alpha value is -2.24. The molecule has 0 aliphatic rings. The Labute approximate surface area is 83.4 Å². The summed E-state index contributed by atoms with van der Waals surface area (Å²) in [5, 5.41) is 7.80. The average molecular weight is 206 g/mol. The maximum Gasteiger partial charge on any atom is 0.292 e. The third-order valence-electron chi connectivity index (χ3n) is 2.01. The number of nitrogens with zero attached hydrogens (tertiary/aromatic N) is 1. The van der Waals surface area contributed by atoms with E-state index in [9.17, 15) is 9.18 Å². The van der Waals surface area contributed by atoms with Gasteiger partial charge in [0, 0.05) is 5.56 Å². The van der Waals surface area contributed by atoms with Crippen LogP contribution >= 0.6 is 0 Å². The highest BCUT2D eigenvalue weighted by molar-refractivity contribution is 5.71. The van der Waals surface area contributed by atoms with E-state index in [2.05, 4.69) is 15.3 Å². The molecule has 76 valence electrons. The molecule has 2 rings (SSSR count). The predicted molar refractivity (Wildman–Crippen MR) is 51.6 cm³/mol. The highest BCUT2D eigenvalue weighted by Crippen LogP contribution is 2.26. The number of benzene rings is 1. The summed E-state index contributed by atoms with van der Waals surface area (Å²) in [6, 6.07) is 5.95. The number of halogens is 1. The van der Waals surface area contributed by atoms with Crippen LogP contribution in [0.25, 0.3) is 11.3 Å². The minimum Gasteiger partial charge on any atom is -0.295 e. The van der Waals surface area contributed by atoms with E-state index in [-0.39, 0.29) is 16.9 Å². The maximum absolute atomic E-state index is 13.4. The second-order valence-electron chi connectivity index (χ2n) is 2.89. The van der Waals surface area contributed by atoms with Gasteiger partial charge >= 0.3 is 0 Å². The van der Waals surface area contributed by atoms with Crippen LogP contribution in [-0.4, -0.2) is 10.2 Å². The molecule has 1 heterocycles. The van der Waals surface area contributed by atoms with E-state index < -0.39 is 11.4 Å². The molecule has 0 radical (unpaired) electrons. The minimum absolute atomic E-state index is 0.125. The van der Waals surface area contributed by atoms with E-state index in [0.717, 1.165) is 0 Å². The van der Waals surface area contributed by atoms with Crippen molar-refractivity contribution in [2.24, 2.45) is 5.11 Å². The zero-order valence-corrected chi connectivity index (χ0v) is 7.54.